The third kappa shape index (κ3) is 7.42. The number of rotatable bonds is 8. The number of nitrogens with one attached hydrogen (secondary N) is 1. The normalized spacial score (nSPS) is 14.7. The van der Waals surface area contributed by atoms with Crippen LogP contribution < -0.4 is 25.4 Å². The molecule has 31 heavy (non-hydrogen) atoms. The van der Waals surface area contributed by atoms with Gasteiger partial charge in [-0.2, -0.15) is 0 Å². The monoisotopic (exact) mass is 543 g/mol. The third-order valence-corrected chi connectivity index (χ3v) is 5.18. The number of hydrogen-bond donors (Lipinski definition) is 2. The molecule has 170 valence electrons. The van der Waals surface area contributed by atoms with Crippen LogP contribution in [0.5, 0.6) is 11.5 Å². The molecule has 1 aliphatic rings. The summed E-state index contributed by atoms with van der Waals surface area (Å²) in [7, 11) is 3.22. The van der Waals surface area contributed by atoms with E-state index in [0.29, 0.717) is 24.0 Å². The van der Waals surface area contributed by atoms with Crippen molar-refractivity contribution >= 4 is 35.6 Å². The average molecular weight is 543 g/mol. The van der Waals surface area contributed by atoms with E-state index in [1.165, 1.54) is 12.1 Å². The van der Waals surface area contributed by atoms with Gasteiger partial charge in [-0.15, -0.1) is 24.0 Å². The SMILES string of the molecule is COc1ccc(CN=C(N)NCCN2CCN(c3ccc(F)cc3)CC2)cc1OC.I. The fraction of sp³-hybridized carbons (Fsp3) is 0.409. The summed E-state index contributed by atoms with van der Waals surface area (Å²) in [4.78, 5) is 9.06. The maximum Gasteiger partial charge on any atom is 0.188 e. The van der Waals surface area contributed by atoms with E-state index in [9.17, 15) is 4.39 Å². The largest absolute Gasteiger partial charge is 0.493 e. The van der Waals surface area contributed by atoms with Crippen LogP contribution in [0.2, 0.25) is 0 Å². The summed E-state index contributed by atoms with van der Waals surface area (Å²) in [5, 5.41) is 3.18. The number of nitrogens with two attached hydrogens (primary N) is 1. The van der Waals surface area contributed by atoms with Crippen LogP contribution in [0.15, 0.2) is 47.5 Å². The van der Waals surface area contributed by atoms with E-state index < -0.39 is 0 Å². The maximum absolute atomic E-state index is 13.1. The smallest absolute Gasteiger partial charge is 0.188 e. The first-order chi connectivity index (χ1) is 14.6. The molecule has 0 aliphatic carbocycles. The van der Waals surface area contributed by atoms with Crippen LogP contribution >= 0.6 is 24.0 Å². The first kappa shape index (κ1) is 25.0. The van der Waals surface area contributed by atoms with Gasteiger partial charge >= 0.3 is 0 Å². The summed E-state index contributed by atoms with van der Waals surface area (Å²) in [5.41, 5.74) is 8.06. The Morgan fingerprint density at radius 2 is 1.71 bits per heavy atom. The predicted molar refractivity (Wildman–Crippen MR) is 133 cm³/mol. The molecule has 3 rings (SSSR count). The first-order valence-electron chi connectivity index (χ1n) is 10.1. The second-order valence-electron chi connectivity index (χ2n) is 7.12. The van der Waals surface area contributed by atoms with Crippen molar-refractivity contribution in [3.8, 4) is 11.5 Å². The Morgan fingerprint density at radius 1 is 1.03 bits per heavy atom. The second kappa shape index (κ2) is 12.6. The van der Waals surface area contributed by atoms with Gasteiger partial charge in [-0.25, -0.2) is 9.38 Å². The van der Waals surface area contributed by atoms with Gasteiger partial charge in [-0.3, -0.25) is 4.90 Å². The quantitative estimate of drug-likeness (QED) is 0.303. The standard InChI is InChI=1S/C22H30FN5O2.HI/c1-29-20-8-3-17(15-21(20)30-2)16-26-22(24)25-9-10-27-11-13-28(14-12-27)19-6-4-18(23)5-7-19;/h3-8,15H,9-14,16H2,1-2H3,(H3,24,25,26);1H. The molecule has 0 saturated carbocycles. The number of halogens is 2. The minimum Gasteiger partial charge on any atom is -0.493 e. The van der Waals surface area contributed by atoms with Crippen LogP contribution in [0.1, 0.15) is 5.56 Å². The van der Waals surface area contributed by atoms with Crippen molar-refractivity contribution < 1.29 is 13.9 Å². The molecule has 0 aromatic heterocycles. The van der Waals surface area contributed by atoms with Crippen LogP contribution in [0, 0.1) is 5.82 Å². The number of hydrogen-bond acceptors (Lipinski definition) is 5. The Morgan fingerprint density at radius 3 is 2.35 bits per heavy atom. The van der Waals surface area contributed by atoms with Crippen LogP contribution in [0.4, 0.5) is 10.1 Å². The van der Waals surface area contributed by atoms with Crippen molar-refractivity contribution in [2.24, 2.45) is 10.7 Å². The summed E-state index contributed by atoms with van der Waals surface area (Å²) in [6.45, 7) is 5.86. The number of nitrogens with zero attached hydrogens (tertiary/aromatic N) is 3. The van der Waals surface area contributed by atoms with Crippen LogP contribution in [-0.2, 0) is 6.54 Å². The molecule has 0 amide bonds. The van der Waals surface area contributed by atoms with E-state index in [-0.39, 0.29) is 29.8 Å². The third-order valence-electron chi connectivity index (χ3n) is 5.18. The van der Waals surface area contributed by atoms with Crippen molar-refractivity contribution in [1.82, 2.24) is 10.2 Å². The zero-order valence-corrected chi connectivity index (χ0v) is 20.3. The number of guanidine groups is 1. The highest BCUT2D eigenvalue weighted by Crippen LogP contribution is 2.27. The molecule has 0 spiro atoms. The number of piperazine rings is 1. The average Bonchev–Trinajstić information content (AvgIpc) is 2.78. The van der Waals surface area contributed by atoms with E-state index in [0.717, 1.165) is 50.5 Å². The highest BCUT2D eigenvalue weighted by atomic mass is 127. The number of aliphatic imine (C=N–C) groups is 1. The fourth-order valence-electron chi connectivity index (χ4n) is 3.44. The van der Waals surface area contributed by atoms with E-state index in [1.54, 1.807) is 14.2 Å². The molecule has 1 fully saturated rings. The van der Waals surface area contributed by atoms with Gasteiger partial charge in [0.2, 0.25) is 0 Å². The maximum atomic E-state index is 13.1. The minimum absolute atomic E-state index is 0. The lowest BCUT2D eigenvalue weighted by Gasteiger charge is -2.36. The zero-order chi connectivity index (χ0) is 21.3. The van der Waals surface area contributed by atoms with E-state index >= 15 is 0 Å². The van der Waals surface area contributed by atoms with E-state index in [2.05, 4.69) is 20.1 Å². The zero-order valence-electron chi connectivity index (χ0n) is 18.0. The summed E-state index contributed by atoms with van der Waals surface area (Å²) in [5.74, 6) is 1.59. The van der Waals surface area contributed by atoms with Gasteiger partial charge < -0.3 is 25.4 Å². The van der Waals surface area contributed by atoms with Gasteiger partial charge in [0.05, 0.1) is 20.8 Å². The molecular formula is C22H31FIN5O2. The topological polar surface area (TPSA) is 75.4 Å². The molecule has 1 saturated heterocycles. The lowest BCUT2D eigenvalue weighted by Crippen LogP contribution is -2.49. The second-order valence-corrected chi connectivity index (χ2v) is 7.12. The number of anilines is 1. The molecule has 7 nitrogen and oxygen atoms in total. The number of ether oxygens (including phenoxy) is 2. The highest BCUT2D eigenvalue weighted by Gasteiger charge is 2.16. The van der Waals surface area contributed by atoms with Gasteiger partial charge in [0.15, 0.2) is 17.5 Å². The number of benzene rings is 2. The molecule has 0 atom stereocenters. The van der Waals surface area contributed by atoms with Gasteiger partial charge in [-0.05, 0) is 42.0 Å². The van der Waals surface area contributed by atoms with Crippen LogP contribution in [0.25, 0.3) is 0 Å². The molecular weight excluding hydrogens is 512 g/mol. The summed E-state index contributed by atoms with van der Waals surface area (Å²) >= 11 is 0. The fourth-order valence-corrected chi connectivity index (χ4v) is 3.44. The minimum atomic E-state index is -0.200. The van der Waals surface area contributed by atoms with E-state index in [1.807, 2.05) is 30.3 Å². The van der Waals surface area contributed by atoms with Crippen molar-refractivity contribution in [2.75, 3.05) is 58.4 Å². The van der Waals surface area contributed by atoms with Crippen molar-refractivity contribution in [1.29, 1.82) is 0 Å². The molecule has 0 radical (unpaired) electrons. The van der Waals surface area contributed by atoms with Crippen LogP contribution in [0.3, 0.4) is 0 Å². The van der Waals surface area contributed by atoms with E-state index in [4.69, 9.17) is 15.2 Å². The first-order valence-corrected chi connectivity index (χ1v) is 10.1. The Labute approximate surface area is 200 Å². The Hall–Kier alpha value is -2.27. The molecule has 2 aromatic rings. The molecule has 0 bridgehead atoms. The molecule has 2 aromatic carbocycles. The summed E-state index contributed by atoms with van der Waals surface area (Å²) in [6.07, 6.45) is 0. The summed E-state index contributed by atoms with van der Waals surface area (Å²) in [6, 6.07) is 12.4. The lowest BCUT2D eigenvalue weighted by atomic mass is 10.2. The molecule has 1 aliphatic heterocycles. The van der Waals surface area contributed by atoms with Gasteiger partial charge in [0.25, 0.3) is 0 Å². The Bertz CT molecular complexity index is 842. The molecule has 1 heterocycles. The van der Waals surface area contributed by atoms with Crippen LogP contribution in [-0.4, -0.2) is 64.3 Å². The Balaban J connectivity index is 0.00000341. The molecule has 3 N–H and O–H groups in total. The van der Waals surface area contributed by atoms with Gasteiger partial charge in [0.1, 0.15) is 5.82 Å². The molecule has 9 heteroatoms. The highest BCUT2D eigenvalue weighted by molar-refractivity contribution is 14.0. The van der Waals surface area contributed by atoms with Crippen molar-refractivity contribution in [3.63, 3.8) is 0 Å². The van der Waals surface area contributed by atoms with Gasteiger partial charge in [-0.1, -0.05) is 6.07 Å². The van der Waals surface area contributed by atoms with Crippen molar-refractivity contribution in [3.05, 3.63) is 53.8 Å². The van der Waals surface area contributed by atoms with Gasteiger partial charge in [0, 0.05) is 45.0 Å². The number of methoxy groups -OCH3 is 2. The predicted octanol–water partition coefficient (Wildman–Crippen LogP) is 2.69. The lowest BCUT2D eigenvalue weighted by molar-refractivity contribution is 0.261. The van der Waals surface area contributed by atoms with Crippen molar-refractivity contribution in [2.45, 2.75) is 6.54 Å². The molecule has 0 unspecified atom stereocenters. The summed E-state index contributed by atoms with van der Waals surface area (Å²) < 4.78 is 23.6. The Kier molecular flexibility index (Phi) is 10.1.